The molecule has 0 radical (unpaired) electrons. The first-order chi connectivity index (χ1) is 7.20. The topological polar surface area (TPSA) is 75.4 Å². The van der Waals surface area contributed by atoms with Crippen LogP contribution < -0.4 is 11.1 Å². The van der Waals surface area contributed by atoms with Gasteiger partial charge in [0.25, 0.3) is 0 Å². The van der Waals surface area contributed by atoms with Crippen LogP contribution in [0.1, 0.15) is 18.1 Å². The van der Waals surface area contributed by atoms with Crippen molar-refractivity contribution in [1.82, 2.24) is 5.32 Å². The van der Waals surface area contributed by atoms with E-state index in [4.69, 9.17) is 5.73 Å². The Morgan fingerprint density at radius 2 is 2.07 bits per heavy atom. The molecule has 0 aliphatic carbocycles. The Labute approximate surface area is 89.1 Å². The molecule has 0 saturated carbocycles. The molecule has 0 aliphatic rings. The van der Waals surface area contributed by atoms with E-state index in [-0.39, 0.29) is 5.91 Å². The quantitative estimate of drug-likeness (QED) is 0.584. The Bertz CT molecular complexity index is 301. The van der Waals surface area contributed by atoms with Crippen molar-refractivity contribution >= 4 is 5.91 Å². The number of benzene rings is 1. The van der Waals surface area contributed by atoms with Gasteiger partial charge in [-0.1, -0.05) is 30.3 Å². The highest BCUT2D eigenvalue weighted by atomic mass is 16.3. The number of carbonyl (C=O) groups excluding carboxylic acids is 1. The molecule has 0 aliphatic heterocycles. The molecule has 1 rings (SSSR count). The smallest absolute Gasteiger partial charge is 0.218 e. The summed E-state index contributed by atoms with van der Waals surface area (Å²) in [5.41, 5.74) is 5.84. The Balaban J connectivity index is 2.25. The van der Waals surface area contributed by atoms with Crippen LogP contribution in [0, 0.1) is 0 Å². The molecule has 1 aromatic rings. The van der Waals surface area contributed by atoms with Gasteiger partial charge in [-0.2, -0.15) is 0 Å². The van der Waals surface area contributed by atoms with Crippen molar-refractivity contribution in [3.05, 3.63) is 35.9 Å². The van der Waals surface area contributed by atoms with Crippen LogP contribution in [-0.4, -0.2) is 24.1 Å². The zero-order chi connectivity index (χ0) is 11.1. The summed E-state index contributed by atoms with van der Waals surface area (Å²) in [5.74, 6) is -0.336. The number of primary amides is 1. The molecule has 15 heavy (non-hydrogen) atoms. The molecule has 4 N–H and O–H groups in total. The highest BCUT2D eigenvalue weighted by molar-refractivity contribution is 5.73. The van der Waals surface area contributed by atoms with Crippen molar-refractivity contribution in [2.75, 3.05) is 13.1 Å². The minimum absolute atomic E-state index is 0.293. The highest BCUT2D eigenvalue weighted by Crippen LogP contribution is 2.10. The number of aliphatic hydroxyl groups excluding tert-OH is 1. The Hall–Kier alpha value is -1.39. The van der Waals surface area contributed by atoms with E-state index in [0.717, 1.165) is 5.56 Å². The zero-order valence-electron chi connectivity index (χ0n) is 8.52. The normalized spacial score (nSPS) is 12.3. The van der Waals surface area contributed by atoms with Gasteiger partial charge in [0.1, 0.15) is 0 Å². The number of nitrogens with two attached hydrogens (primary N) is 1. The summed E-state index contributed by atoms with van der Waals surface area (Å²) in [6.07, 6.45) is -0.249. The van der Waals surface area contributed by atoms with Crippen LogP contribution in [-0.2, 0) is 4.79 Å². The third kappa shape index (κ3) is 4.58. The lowest BCUT2D eigenvalue weighted by Gasteiger charge is -2.11. The maximum absolute atomic E-state index is 10.4. The SMILES string of the molecule is NC(=O)CCNCC(O)c1ccccc1. The molecule has 4 nitrogen and oxygen atoms in total. The molecule has 1 amide bonds. The van der Waals surface area contributed by atoms with Crippen molar-refractivity contribution in [3.8, 4) is 0 Å². The number of aliphatic hydroxyl groups is 1. The minimum atomic E-state index is -0.543. The fourth-order valence-corrected chi connectivity index (χ4v) is 1.24. The maximum Gasteiger partial charge on any atom is 0.218 e. The van der Waals surface area contributed by atoms with E-state index in [0.29, 0.717) is 19.5 Å². The first-order valence-corrected chi connectivity index (χ1v) is 4.92. The van der Waals surface area contributed by atoms with Gasteiger partial charge >= 0.3 is 0 Å². The first-order valence-electron chi connectivity index (χ1n) is 4.92. The standard InChI is InChI=1S/C11H16N2O2/c12-11(15)6-7-13-8-10(14)9-4-2-1-3-5-9/h1-5,10,13-14H,6-8H2,(H2,12,15). The predicted octanol–water partition coefficient (Wildman–Crippen LogP) is 0.185. The Morgan fingerprint density at radius 1 is 1.40 bits per heavy atom. The van der Waals surface area contributed by atoms with E-state index in [1.54, 1.807) is 0 Å². The molecule has 1 aromatic carbocycles. The molecule has 4 heteroatoms. The second-order valence-electron chi connectivity index (χ2n) is 3.35. The van der Waals surface area contributed by atoms with Gasteiger partial charge in [-0.3, -0.25) is 4.79 Å². The summed E-state index contributed by atoms with van der Waals surface area (Å²) in [4.78, 5) is 10.4. The number of hydrogen-bond donors (Lipinski definition) is 3. The average molecular weight is 208 g/mol. The minimum Gasteiger partial charge on any atom is -0.387 e. The predicted molar refractivity (Wildman–Crippen MR) is 58.1 cm³/mol. The van der Waals surface area contributed by atoms with Crippen molar-refractivity contribution in [2.24, 2.45) is 5.73 Å². The van der Waals surface area contributed by atoms with Gasteiger partial charge in [-0.15, -0.1) is 0 Å². The van der Waals surface area contributed by atoms with Gasteiger partial charge in [0, 0.05) is 19.5 Å². The lowest BCUT2D eigenvalue weighted by atomic mass is 10.1. The Morgan fingerprint density at radius 3 is 2.67 bits per heavy atom. The van der Waals surface area contributed by atoms with E-state index in [1.807, 2.05) is 30.3 Å². The van der Waals surface area contributed by atoms with Crippen LogP contribution >= 0.6 is 0 Å². The third-order valence-corrected chi connectivity index (χ3v) is 2.07. The largest absolute Gasteiger partial charge is 0.387 e. The number of amides is 1. The van der Waals surface area contributed by atoms with Crippen molar-refractivity contribution in [2.45, 2.75) is 12.5 Å². The van der Waals surface area contributed by atoms with E-state index in [1.165, 1.54) is 0 Å². The van der Waals surface area contributed by atoms with Gasteiger partial charge in [0.2, 0.25) is 5.91 Å². The van der Waals surface area contributed by atoms with E-state index in [2.05, 4.69) is 5.32 Å². The van der Waals surface area contributed by atoms with Gasteiger partial charge in [-0.05, 0) is 5.56 Å². The molecule has 1 atom stereocenters. The van der Waals surface area contributed by atoms with E-state index >= 15 is 0 Å². The molecule has 0 heterocycles. The second kappa shape index (κ2) is 6.16. The van der Waals surface area contributed by atoms with Crippen molar-refractivity contribution in [3.63, 3.8) is 0 Å². The summed E-state index contributed by atoms with van der Waals surface area (Å²) < 4.78 is 0. The fourth-order valence-electron chi connectivity index (χ4n) is 1.24. The van der Waals surface area contributed by atoms with Gasteiger partial charge < -0.3 is 16.2 Å². The van der Waals surface area contributed by atoms with Crippen LogP contribution in [0.4, 0.5) is 0 Å². The molecule has 0 saturated heterocycles. The lowest BCUT2D eigenvalue weighted by molar-refractivity contribution is -0.117. The summed E-state index contributed by atoms with van der Waals surface area (Å²) in [5, 5.41) is 12.7. The maximum atomic E-state index is 10.4. The van der Waals surface area contributed by atoms with E-state index in [9.17, 15) is 9.90 Å². The van der Waals surface area contributed by atoms with Crippen molar-refractivity contribution < 1.29 is 9.90 Å². The van der Waals surface area contributed by atoms with Crippen molar-refractivity contribution in [1.29, 1.82) is 0 Å². The molecule has 82 valence electrons. The monoisotopic (exact) mass is 208 g/mol. The molecule has 0 fully saturated rings. The number of nitrogens with one attached hydrogen (secondary N) is 1. The summed E-state index contributed by atoms with van der Waals surface area (Å²) >= 11 is 0. The van der Waals surface area contributed by atoms with Crippen LogP contribution in [0.25, 0.3) is 0 Å². The van der Waals surface area contributed by atoms with E-state index < -0.39 is 6.10 Å². The molecule has 0 bridgehead atoms. The number of carbonyl (C=O) groups is 1. The lowest BCUT2D eigenvalue weighted by Crippen LogP contribution is -2.26. The second-order valence-corrected chi connectivity index (χ2v) is 3.35. The molecular weight excluding hydrogens is 192 g/mol. The number of hydrogen-bond acceptors (Lipinski definition) is 3. The molecule has 0 aromatic heterocycles. The van der Waals surface area contributed by atoms with Crippen LogP contribution in [0.5, 0.6) is 0 Å². The van der Waals surface area contributed by atoms with Gasteiger partial charge in [0.05, 0.1) is 6.10 Å². The fraction of sp³-hybridized carbons (Fsp3) is 0.364. The molecular formula is C11H16N2O2. The summed E-state index contributed by atoms with van der Waals surface area (Å²) in [6.45, 7) is 0.927. The van der Waals surface area contributed by atoms with Gasteiger partial charge in [-0.25, -0.2) is 0 Å². The van der Waals surface area contributed by atoms with Crippen LogP contribution in [0.3, 0.4) is 0 Å². The van der Waals surface area contributed by atoms with Crippen LogP contribution in [0.15, 0.2) is 30.3 Å². The summed E-state index contributed by atoms with van der Waals surface area (Å²) in [7, 11) is 0. The number of rotatable bonds is 6. The van der Waals surface area contributed by atoms with Crippen LogP contribution in [0.2, 0.25) is 0 Å². The molecule has 0 spiro atoms. The average Bonchev–Trinajstić information content (AvgIpc) is 2.25. The first kappa shape index (κ1) is 11.7. The highest BCUT2D eigenvalue weighted by Gasteiger charge is 2.05. The molecule has 1 unspecified atom stereocenters. The summed E-state index contributed by atoms with van der Waals surface area (Å²) in [6, 6.07) is 9.38. The van der Waals surface area contributed by atoms with Gasteiger partial charge in [0.15, 0.2) is 0 Å². The zero-order valence-corrected chi connectivity index (χ0v) is 8.52. The third-order valence-electron chi connectivity index (χ3n) is 2.07. The Kier molecular flexibility index (Phi) is 4.80.